The predicted octanol–water partition coefficient (Wildman–Crippen LogP) is 1.15. The van der Waals surface area contributed by atoms with Crippen LogP contribution in [0.1, 0.15) is 19.3 Å². The zero-order valence-corrected chi connectivity index (χ0v) is 8.44. The van der Waals surface area contributed by atoms with Gasteiger partial charge in [0.05, 0.1) is 6.42 Å². The second-order valence-corrected chi connectivity index (χ2v) is 3.57. The number of carboxylic acids is 1. The predicted molar refractivity (Wildman–Crippen MR) is 53.4 cm³/mol. The highest BCUT2D eigenvalue weighted by Crippen LogP contribution is 2.30. The van der Waals surface area contributed by atoms with Crippen molar-refractivity contribution in [1.82, 2.24) is 5.32 Å². The number of rotatable bonds is 5. The Hall–Kier alpha value is -1.52. The first-order valence-corrected chi connectivity index (χ1v) is 4.89. The standard InChI is InChI=1S/C10H15NO4/c1-2-5-15-10(14)11-8-4-3-7(8)6-9(12)13/h2,7-8H,1,3-6H2,(H,11,14)(H,12,13). The van der Waals surface area contributed by atoms with E-state index in [2.05, 4.69) is 11.9 Å². The van der Waals surface area contributed by atoms with Crippen LogP contribution < -0.4 is 5.32 Å². The SMILES string of the molecule is C=CCOC(=O)NC1CCC1CC(=O)O. The average Bonchev–Trinajstić information content (AvgIpc) is 2.18. The topological polar surface area (TPSA) is 75.6 Å². The Kier molecular flexibility index (Phi) is 4.15. The summed E-state index contributed by atoms with van der Waals surface area (Å²) in [6.07, 6.45) is 2.75. The molecule has 1 aliphatic carbocycles. The van der Waals surface area contributed by atoms with Crippen LogP contribution in [-0.2, 0) is 9.53 Å². The van der Waals surface area contributed by atoms with Crippen molar-refractivity contribution in [2.24, 2.45) is 5.92 Å². The van der Waals surface area contributed by atoms with E-state index in [1.807, 2.05) is 0 Å². The second kappa shape index (κ2) is 5.38. The van der Waals surface area contributed by atoms with Gasteiger partial charge >= 0.3 is 12.1 Å². The normalized spacial score (nSPS) is 23.7. The maximum absolute atomic E-state index is 11.1. The quantitative estimate of drug-likeness (QED) is 0.672. The first kappa shape index (κ1) is 11.6. The lowest BCUT2D eigenvalue weighted by Crippen LogP contribution is -2.47. The fraction of sp³-hybridized carbons (Fsp3) is 0.600. The van der Waals surface area contributed by atoms with Crippen molar-refractivity contribution in [3.63, 3.8) is 0 Å². The maximum atomic E-state index is 11.1. The highest BCUT2D eigenvalue weighted by atomic mass is 16.5. The molecule has 0 heterocycles. The minimum Gasteiger partial charge on any atom is -0.481 e. The number of hydrogen-bond donors (Lipinski definition) is 2. The van der Waals surface area contributed by atoms with Gasteiger partial charge in [-0.05, 0) is 18.8 Å². The van der Waals surface area contributed by atoms with Gasteiger partial charge in [-0.3, -0.25) is 4.79 Å². The van der Waals surface area contributed by atoms with Crippen LogP contribution in [0.25, 0.3) is 0 Å². The lowest BCUT2D eigenvalue weighted by Gasteiger charge is -2.35. The lowest BCUT2D eigenvalue weighted by molar-refractivity contribution is -0.139. The van der Waals surface area contributed by atoms with Gasteiger partial charge in [0.15, 0.2) is 0 Å². The monoisotopic (exact) mass is 213 g/mol. The molecule has 0 aromatic heterocycles. The van der Waals surface area contributed by atoms with Crippen molar-refractivity contribution in [3.05, 3.63) is 12.7 Å². The highest BCUT2D eigenvalue weighted by molar-refractivity contribution is 5.69. The van der Waals surface area contributed by atoms with Gasteiger partial charge in [-0.15, -0.1) is 0 Å². The zero-order valence-electron chi connectivity index (χ0n) is 8.44. The van der Waals surface area contributed by atoms with Gasteiger partial charge in [-0.2, -0.15) is 0 Å². The van der Waals surface area contributed by atoms with Crippen LogP contribution in [0.15, 0.2) is 12.7 Å². The summed E-state index contributed by atoms with van der Waals surface area (Å²) in [5.41, 5.74) is 0. The summed E-state index contributed by atoms with van der Waals surface area (Å²) in [7, 11) is 0. The fourth-order valence-electron chi connectivity index (χ4n) is 1.56. The lowest BCUT2D eigenvalue weighted by atomic mass is 9.77. The van der Waals surface area contributed by atoms with Gasteiger partial charge in [-0.1, -0.05) is 12.7 Å². The summed E-state index contributed by atoms with van der Waals surface area (Å²) in [5, 5.41) is 11.2. The molecule has 0 aliphatic heterocycles. The molecule has 2 unspecified atom stereocenters. The van der Waals surface area contributed by atoms with Gasteiger partial charge in [0.2, 0.25) is 0 Å². The molecule has 84 valence electrons. The molecule has 5 heteroatoms. The number of carbonyl (C=O) groups is 2. The van der Waals surface area contributed by atoms with Crippen molar-refractivity contribution in [3.8, 4) is 0 Å². The number of ether oxygens (including phenoxy) is 1. The van der Waals surface area contributed by atoms with Crippen molar-refractivity contribution in [2.75, 3.05) is 6.61 Å². The second-order valence-electron chi connectivity index (χ2n) is 3.57. The third-order valence-corrected chi connectivity index (χ3v) is 2.49. The van der Waals surface area contributed by atoms with Gasteiger partial charge in [0, 0.05) is 6.04 Å². The number of hydrogen-bond acceptors (Lipinski definition) is 3. The maximum Gasteiger partial charge on any atom is 0.407 e. The third kappa shape index (κ3) is 3.61. The summed E-state index contributed by atoms with van der Waals surface area (Å²) in [5.74, 6) is -0.787. The fourth-order valence-corrected chi connectivity index (χ4v) is 1.56. The molecule has 1 amide bonds. The molecule has 1 fully saturated rings. The van der Waals surface area contributed by atoms with E-state index in [-0.39, 0.29) is 25.0 Å². The Labute approximate surface area is 88.1 Å². The minimum absolute atomic E-state index is 0.0405. The Morgan fingerprint density at radius 2 is 2.27 bits per heavy atom. The van der Waals surface area contributed by atoms with Crippen molar-refractivity contribution in [1.29, 1.82) is 0 Å². The van der Waals surface area contributed by atoms with Gasteiger partial charge in [-0.25, -0.2) is 4.79 Å². The number of carbonyl (C=O) groups excluding carboxylic acids is 1. The summed E-state index contributed by atoms with van der Waals surface area (Å²) in [6.45, 7) is 3.59. The summed E-state index contributed by atoms with van der Waals surface area (Å²) in [4.78, 5) is 21.6. The van der Waals surface area contributed by atoms with Crippen LogP contribution in [0.2, 0.25) is 0 Å². The van der Waals surface area contributed by atoms with Crippen LogP contribution in [-0.4, -0.2) is 29.8 Å². The van der Waals surface area contributed by atoms with Gasteiger partial charge < -0.3 is 15.2 Å². The molecule has 0 spiro atoms. The molecular formula is C10H15NO4. The van der Waals surface area contributed by atoms with E-state index >= 15 is 0 Å². The Morgan fingerprint density at radius 1 is 1.53 bits per heavy atom. The van der Waals surface area contributed by atoms with Crippen molar-refractivity contribution < 1.29 is 19.4 Å². The number of nitrogens with one attached hydrogen (secondary N) is 1. The van der Waals surface area contributed by atoms with E-state index in [1.54, 1.807) is 0 Å². The molecule has 0 aromatic carbocycles. The Morgan fingerprint density at radius 3 is 2.73 bits per heavy atom. The highest BCUT2D eigenvalue weighted by Gasteiger charge is 2.33. The van der Waals surface area contributed by atoms with E-state index < -0.39 is 12.1 Å². The molecule has 1 aliphatic rings. The van der Waals surface area contributed by atoms with Crippen LogP contribution in [0, 0.1) is 5.92 Å². The molecular weight excluding hydrogens is 198 g/mol. The molecule has 2 N–H and O–H groups in total. The first-order valence-electron chi connectivity index (χ1n) is 4.89. The molecule has 0 radical (unpaired) electrons. The van der Waals surface area contributed by atoms with Crippen LogP contribution in [0.3, 0.4) is 0 Å². The Balaban J connectivity index is 2.23. The summed E-state index contributed by atoms with van der Waals surface area (Å²) >= 11 is 0. The molecule has 15 heavy (non-hydrogen) atoms. The van der Waals surface area contributed by atoms with Gasteiger partial charge in [0.25, 0.3) is 0 Å². The molecule has 1 saturated carbocycles. The summed E-state index contributed by atoms with van der Waals surface area (Å²) in [6, 6.07) is -0.0570. The zero-order chi connectivity index (χ0) is 11.3. The van der Waals surface area contributed by atoms with E-state index in [4.69, 9.17) is 9.84 Å². The van der Waals surface area contributed by atoms with Crippen LogP contribution in [0.4, 0.5) is 4.79 Å². The summed E-state index contributed by atoms with van der Waals surface area (Å²) < 4.78 is 4.74. The average molecular weight is 213 g/mol. The van der Waals surface area contributed by atoms with Gasteiger partial charge in [0.1, 0.15) is 6.61 Å². The van der Waals surface area contributed by atoms with E-state index in [9.17, 15) is 9.59 Å². The van der Waals surface area contributed by atoms with Crippen molar-refractivity contribution in [2.45, 2.75) is 25.3 Å². The molecule has 1 rings (SSSR count). The number of carboxylic acid groups (broad SMARTS) is 1. The van der Waals surface area contributed by atoms with Crippen LogP contribution in [0.5, 0.6) is 0 Å². The third-order valence-electron chi connectivity index (χ3n) is 2.49. The molecule has 2 atom stereocenters. The molecule has 5 nitrogen and oxygen atoms in total. The number of alkyl carbamates (subject to hydrolysis) is 1. The number of amides is 1. The largest absolute Gasteiger partial charge is 0.481 e. The molecule has 0 saturated heterocycles. The number of aliphatic carboxylic acids is 1. The minimum atomic E-state index is -0.828. The van der Waals surface area contributed by atoms with Crippen molar-refractivity contribution >= 4 is 12.1 Å². The van der Waals surface area contributed by atoms with E-state index in [0.29, 0.717) is 0 Å². The van der Waals surface area contributed by atoms with Crippen LogP contribution >= 0.6 is 0 Å². The molecule has 0 aromatic rings. The first-order chi connectivity index (χ1) is 7.13. The van der Waals surface area contributed by atoms with E-state index in [1.165, 1.54) is 6.08 Å². The molecule has 0 bridgehead atoms. The van der Waals surface area contributed by atoms with E-state index in [0.717, 1.165) is 12.8 Å². The Bertz CT molecular complexity index is 264. The smallest absolute Gasteiger partial charge is 0.407 e.